The number of carbonyl (C=O) groups excluding carboxylic acids is 2. The van der Waals surface area contributed by atoms with E-state index in [4.69, 9.17) is 9.57 Å². The van der Waals surface area contributed by atoms with Crippen LogP contribution < -0.4 is 15.0 Å². The highest BCUT2D eigenvalue weighted by Gasteiger charge is 2.23. The first-order valence-corrected chi connectivity index (χ1v) is 13.0. The molecule has 0 fully saturated rings. The molecule has 1 N–H and O–H groups in total. The first-order valence-electron chi connectivity index (χ1n) is 12.2. The quantitative estimate of drug-likeness (QED) is 0.168. The lowest BCUT2D eigenvalue weighted by atomic mass is 10.1. The zero-order chi connectivity index (χ0) is 27.6. The molecule has 4 rings (SSSR count). The molecule has 0 unspecified atom stereocenters. The maximum absolute atomic E-state index is 13.4. The number of hydrogen-bond acceptors (Lipinski definition) is 5. The summed E-state index contributed by atoms with van der Waals surface area (Å²) >= 11 is 3.45. The molecule has 0 spiro atoms. The van der Waals surface area contributed by atoms with Crippen molar-refractivity contribution in [3.05, 3.63) is 124 Å². The van der Waals surface area contributed by atoms with Gasteiger partial charge < -0.3 is 19.8 Å². The Kier molecular flexibility index (Phi) is 9.48. The molecule has 0 radical (unpaired) electrons. The molecule has 39 heavy (non-hydrogen) atoms. The fourth-order valence-corrected chi connectivity index (χ4v) is 4.04. The van der Waals surface area contributed by atoms with Gasteiger partial charge in [-0.25, -0.2) is 0 Å². The number of anilines is 2. The number of aryl methyl sites for hydroxylation is 1. The average molecular weight is 586 g/mol. The van der Waals surface area contributed by atoms with Crippen molar-refractivity contribution >= 4 is 45.3 Å². The zero-order valence-corrected chi connectivity index (χ0v) is 23.2. The Morgan fingerprint density at radius 1 is 0.923 bits per heavy atom. The van der Waals surface area contributed by atoms with Crippen LogP contribution in [0.3, 0.4) is 0 Å². The predicted octanol–water partition coefficient (Wildman–Crippen LogP) is 6.60. The van der Waals surface area contributed by atoms with Crippen molar-refractivity contribution in [2.45, 2.75) is 13.5 Å². The number of methoxy groups -OCH3 is 1. The topological polar surface area (TPSA) is 80.2 Å². The molecule has 198 valence electrons. The Bertz CT molecular complexity index is 1440. The van der Waals surface area contributed by atoms with Crippen molar-refractivity contribution < 1.29 is 19.2 Å². The number of carbonyl (C=O) groups is 2. The zero-order valence-electron chi connectivity index (χ0n) is 21.6. The van der Waals surface area contributed by atoms with E-state index in [0.29, 0.717) is 16.9 Å². The summed E-state index contributed by atoms with van der Waals surface area (Å²) in [4.78, 5) is 33.6. The highest BCUT2D eigenvalue weighted by Crippen LogP contribution is 2.25. The number of rotatable bonds is 10. The molecule has 8 heteroatoms. The smallest absolute Gasteiger partial charge is 0.268 e. The largest absolute Gasteiger partial charge is 0.497 e. The van der Waals surface area contributed by atoms with Crippen LogP contribution in [0.1, 0.15) is 27.0 Å². The van der Waals surface area contributed by atoms with E-state index >= 15 is 0 Å². The second kappa shape index (κ2) is 13.4. The lowest BCUT2D eigenvalue weighted by molar-refractivity contribution is -0.123. The van der Waals surface area contributed by atoms with Crippen molar-refractivity contribution in [2.75, 3.05) is 23.9 Å². The van der Waals surface area contributed by atoms with Crippen molar-refractivity contribution in [3.63, 3.8) is 0 Å². The number of oxime groups is 1. The van der Waals surface area contributed by atoms with Crippen LogP contribution in [0.5, 0.6) is 5.75 Å². The second-order valence-electron chi connectivity index (χ2n) is 8.72. The van der Waals surface area contributed by atoms with Gasteiger partial charge in [0.1, 0.15) is 5.75 Å². The highest BCUT2D eigenvalue weighted by molar-refractivity contribution is 9.10. The normalized spacial score (nSPS) is 10.7. The molecule has 2 amide bonds. The van der Waals surface area contributed by atoms with E-state index in [0.717, 1.165) is 26.9 Å². The molecule has 7 nitrogen and oxygen atoms in total. The Morgan fingerprint density at radius 2 is 1.62 bits per heavy atom. The van der Waals surface area contributed by atoms with E-state index in [1.54, 1.807) is 31.4 Å². The summed E-state index contributed by atoms with van der Waals surface area (Å²) in [5.41, 5.74) is 4.29. The van der Waals surface area contributed by atoms with Gasteiger partial charge in [0.25, 0.3) is 11.8 Å². The van der Waals surface area contributed by atoms with Gasteiger partial charge in [-0.05, 0) is 78.7 Å². The molecule has 0 atom stereocenters. The minimum Gasteiger partial charge on any atom is -0.497 e. The first kappa shape index (κ1) is 27.6. The summed E-state index contributed by atoms with van der Waals surface area (Å²) in [5, 5.41) is 6.88. The van der Waals surface area contributed by atoms with Gasteiger partial charge in [0.15, 0.2) is 6.61 Å². The van der Waals surface area contributed by atoms with E-state index in [2.05, 4.69) is 26.4 Å². The third-order valence-corrected chi connectivity index (χ3v) is 6.41. The lowest BCUT2D eigenvalue weighted by Crippen LogP contribution is -2.34. The molecule has 0 saturated heterocycles. The number of benzene rings is 4. The lowest BCUT2D eigenvalue weighted by Gasteiger charge is -2.25. The van der Waals surface area contributed by atoms with Gasteiger partial charge in [0.2, 0.25) is 0 Å². The van der Waals surface area contributed by atoms with Crippen LogP contribution in [0.2, 0.25) is 0 Å². The van der Waals surface area contributed by atoms with Gasteiger partial charge in [-0.15, -0.1) is 0 Å². The fourth-order valence-electron chi connectivity index (χ4n) is 3.77. The van der Waals surface area contributed by atoms with Crippen molar-refractivity contribution in [3.8, 4) is 5.75 Å². The van der Waals surface area contributed by atoms with Crippen LogP contribution in [-0.2, 0) is 16.2 Å². The van der Waals surface area contributed by atoms with Gasteiger partial charge in [0.05, 0.1) is 31.1 Å². The Balaban J connectivity index is 1.55. The van der Waals surface area contributed by atoms with Crippen molar-refractivity contribution in [2.24, 2.45) is 5.16 Å². The Hall–Kier alpha value is -4.43. The first-order chi connectivity index (χ1) is 18.9. The Labute approximate surface area is 236 Å². The summed E-state index contributed by atoms with van der Waals surface area (Å²) in [5.74, 6) is 0.0683. The van der Waals surface area contributed by atoms with Crippen molar-refractivity contribution in [1.82, 2.24) is 0 Å². The summed E-state index contributed by atoms with van der Waals surface area (Å²) in [7, 11) is 1.60. The van der Waals surface area contributed by atoms with E-state index < -0.39 is 0 Å². The third kappa shape index (κ3) is 7.78. The molecule has 0 aliphatic rings. The summed E-state index contributed by atoms with van der Waals surface area (Å²) < 4.78 is 6.09. The molecule has 0 aliphatic carbocycles. The van der Waals surface area contributed by atoms with Crippen LogP contribution in [0.15, 0.2) is 107 Å². The number of ether oxygens (including phenoxy) is 1. The fraction of sp³-hybridized carbons (Fsp3) is 0.129. The van der Waals surface area contributed by atoms with Gasteiger partial charge >= 0.3 is 0 Å². The second-order valence-corrected chi connectivity index (χ2v) is 9.64. The molecule has 4 aromatic rings. The minimum absolute atomic E-state index is 0.243. The maximum atomic E-state index is 13.4. The summed E-state index contributed by atoms with van der Waals surface area (Å²) in [6, 6.07) is 29.5. The molecular weight excluding hydrogens is 558 g/mol. The van der Waals surface area contributed by atoms with Crippen LogP contribution in [0, 0.1) is 6.92 Å². The molecule has 0 bridgehead atoms. The molecule has 0 saturated carbocycles. The molecular formula is C31H28BrN3O4. The number of hydrogen-bond donors (Lipinski definition) is 1. The SMILES string of the molecule is COc1ccc(C=NOCC(=O)N(Cc2ccc(Br)cc2)c2ccccc2C(=O)Nc2ccc(C)cc2)cc1. The standard InChI is InChI=1S/C31H28BrN3O4/c1-22-7-15-26(16-8-22)34-31(37)28-5-3-4-6-29(28)35(20-24-9-13-25(32)14-10-24)30(36)21-39-33-19-23-11-17-27(38-2)18-12-23/h3-19H,20-21H2,1-2H3,(H,34,37). The maximum Gasteiger partial charge on any atom is 0.268 e. The number of para-hydroxylation sites is 1. The van der Waals surface area contributed by atoms with Gasteiger partial charge in [0, 0.05) is 10.2 Å². The van der Waals surface area contributed by atoms with Crippen LogP contribution in [-0.4, -0.2) is 31.7 Å². The van der Waals surface area contributed by atoms with Crippen molar-refractivity contribution in [1.29, 1.82) is 0 Å². The van der Waals surface area contributed by atoms with Gasteiger partial charge in [-0.3, -0.25) is 9.59 Å². The summed E-state index contributed by atoms with van der Waals surface area (Å²) in [6.07, 6.45) is 1.52. The number of amides is 2. The average Bonchev–Trinajstić information content (AvgIpc) is 2.96. The molecule has 0 heterocycles. The van der Waals surface area contributed by atoms with Gasteiger partial charge in [-0.2, -0.15) is 0 Å². The number of halogens is 1. The summed E-state index contributed by atoms with van der Waals surface area (Å²) in [6.45, 7) is 1.92. The van der Waals surface area contributed by atoms with E-state index in [1.165, 1.54) is 11.1 Å². The molecule has 0 aliphatic heterocycles. The molecule has 4 aromatic carbocycles. The van der Waals surface area contributed by atoms with E-state index in [9.17, 15) is 9.59 Å². The third-order valence-electron chi connectivity index (χ3n) is 5.88. The minimum atomic E-state index is -0.347. The van der Waals surface area contributed by atoms with Crippen LogP contribution in [0.25, 0.3) is 0 Å². The van der Waals surface area contributed by atoms with E-state index in [1.807, 2.05) is 79.7 Å². The van der Waals surface area contributed by atoms with Crippen LogP contribution in [0.4, 0.5) is 11.4 Å². The molecule has 0 aromatic heterocycles. The van der Waals surface area contributed by atoms with Crippen LogP contribution >= 0.6 is 15.9 Å². The van der Waals surface area contributed by atoms with E-state index in [-0.39, 0.29) is 25.0 Å². The number of nitrogens with one attached hydrogen (secondary N) is 1. The number of nitrogens with zero attached hydrogens (tertiary/aromatic N) is 2. The van der Waals surface area contributed by atoms with Gasteiger partial charge in [-0.1, -0.05) is 63.0 Å². The Morgan fingerprint density at radius 3 is 2.31 bits per heavy atom. The predicted molar refractivity (Wildman–Crippen MR) is 157 cm³/mol. The highest BCUT2D eigenvalue weighted by atomic mass is 79.9. The monoisotopic (exact) mass is 585 g/mol.